The highest BCUT2D eigenvalue weighted by Gasteiger charge is 1.98. The van der Waals surface area contributed by atoms with E-state index >= 15 is 0 Å². The zero-order chi connectivity index (χ0) is 18.6. The number of benzene rings is 2. The molecule has 0 spiro atoms. The minimum absolute atomic E-state index is 0.498. The SMILES string of the molecule is c1ccc(COc2ccc(OCCOCCNc3ccncn3)cc2)cc1. The summed E-state index contributed by atoms with van der Waals surface area (Å²) >= 11 is 0. The smallest absolute Gasteiger partial charge is 0.129 e. The lowest BCUT2D eigenvalue weighted by atomic mass is 10.2. The molecule has 1 N–H and O–H groups in total. The molecular weight excluding hydrogens is 342 g/mol. The molecule has 3 aromatic rings. The predicted molar refractivity (Wildman–Crippen MR) is 104 cm³/mol. The standard InChI is InChI=1S/C21H23N3O3/c1-2-4-18(5-3-1)16-27-20-8-6-19(7-9-20)26-15-14-25-13-12-23-21-10-11-22-17-24-21/h1-11,17H,12-16H2,(H,22,23,24). The zero-order valence-electron chi connectivity index (χ0n) is 15.1. The molecule has 0 aliphatic rings. The van der Waals surface area contributed by atoms with Gasteiger partial charge in [-0.15, -0.1) is 0 Å². The van der Waals surface area contributed by atoms with Crippen molar-refractivity contribution in [3.63, 3.8) is 0 Å². The van der Waals surface area contributed by atoms with Gasteiger partial charge in [-0.05, 0) is 35.9 Å². The van der Waals surface area contributed by atoms with Crippen molar-refractivity contribution in [1.82, 2.24) is 9.97 Å². The molecule has 0 amide bonds. The first-order valence-corrected chi connectivity index (χ1v) is 8.87. The zero-order valence-corrected chi connectivity index (χ0v) is 15.1. The molecule has 0 saturated carbocycles. The number of nitrogens with one attached hydrogen (secondary N) is 1. The maximum atomic E-state index is 5.76. The van der Waals surface area contributed by atoms with Crippen molar-refractivity contribution in [1.29, 1.82) is 0 Å². The van der Waals surface area contributed by atoms with Crippen LogP contribution >= 0.6 is 0 Å². The first kappa shape index (κ1) is 18.7. The van der Waals surface area contributed by atoms with E-state index in [2.05, 4.69) is 15.3 Å². The Labute approximate surface area is 159 Å². The van der Waals surface area contributed by atoms with Crippen LogP contribution in [0.5, 0.6) is 11.5 Å². The Morgan fingerprint density at radius 2 is 1.56 bits per heavy atom. The van der Waals surface area contributed by atoms with Crippen molar-refractivity contribution in [2.45, 2.75) is 6.61 Å². The lowest BCUT2D eigenvalue weighted by Crippen LogP contribution is -2.14. The van der Waals surface area contributed by atoms with E-state index in [0.717, 1.165) is 22.9 Å². The first-order chi connectivity index (χ1) is 13.4. The van der Waals surface area contributed by atoms with E-state index in [1.54, 1.807) is 6.20 Å². The van der Waals surface area contributed by atoms with Crippen LogP contribution in [0.3, 0.4) is 0 Å². The van der Waals surface area contributed by atoms with Gasteiger partial charge in [0, 0.05) is 12.7 Å². The van der Waals surface area contributed by atoms with Crippen LogP contribution in [-0.2, 0) is 11.3 Å². The molecule has 0 bridgehead atoms. The quantitative estimate of drug-likeness (QED) is 0.524. The number of anilines is 1. The molecule has 0 fully saturated rings. The molecule has 0 radical (unpaired) electrons. The van der Waals surface area contributed by atoms with Crippen LogP contribution in [0.4, 0.5) is 5.82 Å². The second kappa shape index (κ2) is 10.8. The fraction of sp³-hybridized carbons (Fsp3) is 0.238. The Balaban J connectivity index is 1.26. The molecule has 0 aliphatic carbocycles. The number of aromatic nitrogens is 2. The average Bonchev–Trinajstić information content (AvgIpc) is 2.74. The van der Waals surface area contributed by atoms with Gasteiger partial charge in [0.05, 0.1) is 13.2 Å². The van der Waals surface area contributed by atoms with Crippen LogP contribution in [0.15, 0.2) is 73.2 Å². The predicted octanol–water partition coefficient (Wildman–Crippen LogP) is 3.56. The van der Waals surface area contributed by atoms with E-state index in [-0.39, 0.29) is 0 Å². The largest absolute Gasteiger partial charge is 0.491 e. The summed E-state index contributed by atoms with van der Waals surface area (Å²) < 4.78 is 17.0. The molecule has 0 unspecified atom stereocenters. The summed E-state index contributed by atoms with van der Waals surface area (Å²) in [6.45, 7) is 2.84. The van der Waals surface area contributed by atoms with Gasteiger partial charge in [-0.3, -0.25) is 0 Å². The van der Waals surface area contributed by atoms with Crippen LogP contribution in [0.25, 0.3) is 0 Å². The lowest BCUT2D eigenvalue weighted by molar-refractivity contribution is 0.107. The Morgan fingerprint density at radius 1 is 0.778 bits per heavy atom. The van der Waals surface area contributed by atoms with E-state index < -0.39 is 0 Å². The summed E-state index contributed by atoms with van der Waals surface area (Å²) in [5, 5.41) is 3.15. The summed E-state index contributed by atoms with van der Waals surface area (Å²) in [6.07, 6.45) is 3.21. The van der Waals surface area contributed by atoms with Crippen molar-refractivity contribution >= 4 is 5.82 Å². The molecule has 2 aromatic carbocycles. The minimum Gasteiger partial charge on any atom is -0.491 e. The van der Waals surface area contributed by atoms with Gasteiger partial charge in [-0.1, -0.05) is 30.3 Å². The molecule has 1 aromatic heterocycles. The molecule has 3 rings (SSSR count). The highest BCUT2D eigenvalue weighted by molar-refractivity contribution is 5.32. The molecule has 27 heavy (non-hydrogen) atoms. The first-order valence-electron chi connectivity index (χ1n) is 8.87. The Kier molecular flexibility index (Phi) is 7.45. The molecule has 0 atom stereocenters. The van der Waals surface area contributed by atoms with Crippen molar-refractivity contribution < 1.29 is 14.2 Å². The third-order valence-corrected chi connectivity index (χ3v) is 3.70. The van der Waals surface area contributed by atoms with Crippen LogP contribution in [0, 0.1) is 0 Å². The normalized spacial score (nSPS) is 10.4. The van der Waals surface area contributed by atoms with Gasteiger partial charge < -0.3 is 19.5 Å². The van der Waals surface area contributed by atoms with Gasteiger partial charge in [-0.2, -0.15) is 0 Å². The van der Waals surface area contributed by atoms with Gasteiger partial charge >= 0.3 is 0 Å². The topological polar surface area (TPSA) is 65.5 Å². The Morgan fingerprint density at radius 3 is 2.30 bits per heavy atom. The highest BCUT2D eigenvalue weighted by atomic mass is 16.5. The second-order valence-electron chi connectivity index (χ2n) is 5.73. The number of nitrogens with zero attached hydrogens (tertiary/aromatic N) is 2. The third-order valence-electron chi connectivity index (χ3n) is 3.70. The van der Waals surface area contributed by atoms with Crippen LogP contribution in [0.1, 0.15) is 5.56 Å². The summed E-state index contributed by atoms with van der Waals surface area (Å²) in [4.78, 5) is 7.94. The molecule has 0 saturated heterocycles. The summed E-state index contributed by atoms with van der Waals surface area (Å²) in [7, 11) is 0. The fourth-order valence-corrected chi connectivity index (χ4v) is 2.34. The van der Waals surface area contributed by atoms with E-state index in [1.807, 2.05) is 60.7 Å². The van der Waals surface area contributed by atoms with Crippen LogP contribution < -0.4 is 14.8 Å². The van der Waals surface area contributed by atoms with Crippen LogP contribution in [-0.4, -0.2) is 36.3 Å². The molecular formula is C21H23N3O3. The van der Waals surface area contributed by atoms with Gasteiger partial charge in [0.1, 0.15) is 36.9 Å². The summed E-state index contributed by atoms with van der Waals surface area (Å²) in [6, 6.07) is 19.5. The molecule has 140 valence electrons. The maximum absolute atomic E-state index is 5.76. The van der Waals surface area contributed by atoms with E-state index in [4.69, 9.17) is 14.2 Å². The average molecular weight is 365 g/mol. The van der Waals surface area contributed by atoms with Crippen molar-refractivity contribution in [3.8, 4) is 11.5 Å². The monoisotopic (exact) mass is 365 g/mol. The van der Waals surface area contributed by atoms with E-state index in [1.165, 1.54) is 6.33 Å². The molecule has 6 nitrogen and oxygen atoms in total. The highest BCUT2D eigenvalue weighted by Crippen LogP contribution is 2.18. The lowest BCUT2D eigenvalue weighted by Gasteiger charge is -2.10. The van der Waals surface area contributed by atoms with Crippen LogP contribution in [0.2, 0.25) is 0 Å². The summed E-state index contributed by atoms with van der Waals surface area (Å²) in [5.41, 5.74) is 1.14. The number of rotatable bonds is 11. The van der Waals surface area contributed by atoms with Crippen molar-refractivity contribution in [3.05, 3.63) is 78.8 Å². The number of hydrogen-bond acceptors (Lipinski definition) is 6. The maximum Gasteiger partial charge on any atom is 0.129 e. The van der Waals surface area contributed by atoms with Gasteiger partial charge in [0.25, 0.3) is 0 Å². The number of ether oxygens (including phenoxy) is 3. The molecule has 0 aliphatic heterocycles. The Bertz CT molecular complexity index is 768. The van der Waals surface area contributed by atoms with Crippen molar-refractivity contribution in [2.75, 3.05) is 31.7 Å². The van der Waals surface area contributed by atoms with E-state index in [0.29, 0.717) is 33.0 Å². The third kappa shape index (κ3) is 6.95. The van der Waals surface area contributed by atoms with Crippen molar-refractivity contribution in [2.24, 2.45) is 0 Å². The summed E-state index contributed by atoms with van der Waals surface area (Å²) in [5.74, 6) is 2.41. The van der Waals surface area contributed by atoms with Gasteiger partial charge in [0.2, 0.25) is 0 Å². The number of hydrogen-bond donors (Lipinski definition) is 1. The second-order valence-corrected chi connectivity index (χ2v) is 5.73. The molecule has 6 heteroatoms. The fourth-order valence-electron chi connectivity index (χ4n) is 2.34. The Hall–Kier alpha value is -3.12. The minimum atomic E-state index is 0.498. The van der Waals surface area contributed by atoms with Gasteiger partial charge in [-0.25, -0.2) is 9.97 Å². The van der Waals surface area contributed by atoms with E-state index in [9.17, 15) is 0 Å². The van der Waals surface area contributed by atoms with Gasteiger partial charge in [0.15, 0.2) is 0 Å². The molecule has 1 heterocycles.